The van der Waals surface area contributed by atoms with E-state index in [9.17, 15) is 0 Å². The fourth-order valence-electron chi connectivity index (χ4n) is 3.36. The summed E-state index contributed by atoms with van der Waals surface area (Å²) in [5.41, 5.74) is 3.42. The molecule has 2 aromatic rings. The first-order chi connectivity index (χ1) is 9.80. The molecule has 0 aliphatic carbocycles. The molecule has 0 aromatic heterocycles. The van der Waals surface area contributed by atoms with Crippen LogP contribution in [-0.2, 0) is 21.7 Å². The van der Waals surface area contributed by atoms with Gasteiger partial charge in [-0.2, -0.15) is 0 Å². The van der Waals surface area contributed by atoms with Crippen LogP contribution in [0.2, 0.25) is 13.1 Å². The van der Waals surface area contributed by atoms with Crippen LogP contribution in [0.1, 0.15) is 37.4 Å². The smallest absolute Gasteiger partial charge is 0.131 e. The maximum absolute atomic E-state index is 3.93. The summed E-state index contributed by atoms with van der Waals surface area (Å²) < 4.78 is 0. The maximum atomic E-state index is 3.93. The van der Waals surface area contributed by atoms with E-state index in [1.807, 2.05) is 0 Å². The Labute approximate surface area is 163 Å². The molecule has 0 radical (unpaired) electrons. The number of hydrogen-bond acceptors (Lipinski definition) is 1. The van der Waals surface area contributed by atoms with E-state index in [1.165, 1.54) is 11.1 Å². The zero-order chi connectivity index (χ0) is 15.5. The minimum Gasteiger partial charge on any atom is -0.332 e. The van der Waals surface area contributed by atoms with Crippen molar-refractivity contribution in [1.29, 1.82) is 0 Å². The van der Waals surface area contributed by atoms with Crippen molar-refractivity contribution in [3.8, 4) is 0 Å². The summed E-state index contributed by atoms with van der Waals surface area (Å²) in [7, 11) is -1.70. The van der Waals surface area contributed by atoms with Gasteiger partial charge in [0.2, 0.25) is 0 Å². The van der Waals surface area contributed by atoms with E-state index < -0.39 is 8.24 Å². The quantitative estimate of drug-likeness (QED) is 0.702. The number of rotatable bonds is 4. The normalized spacial score (nSPS) is 11.6. The molecule has 124 valence electrons. The van der Waals surface area contributed by atoms with Gasteiger partial charge in [0.1, 0.15) is 8.24 Å². The van der Waals surface area contributed by atoms with Crippen LogP contribution in [0, 0.1) is 0 Å². The van der Waals surface area contributed by atoms with Crippen LogP contribution < -0.4 is 4.98 Å². The third-order valence-corrected chi connectivity index (χ3v) is 7.19. The topological polar surface area (TPSA) is 12.0 Å². The molecule has 0 heterocycles. The summed E-state index contributed by atoms with van der Waals surface area (Å²) in [5.74, 6) is 0. The molecule has 2 rings (SSSR count). The molecule has 0 unspecified atom stereocenters. The van der Waals surface area contributed by atoms with E-state index in [1.54, 1.807) is 0 Å². The van der Waals surface area contributed by atoms with Crippen LogP contribution in [0.25, 0.3) is 0 Å². The molecule has 0 aliphatic rings. The van der Waals surface area contributed by atoms with Gasteiger partial charge < -0.3 is 4.98 Å². The van der Waals surface area contributed by atoms with E-state index in [0.717, 1.165) is 0 Å². The molecule has 4 heteroatoms. The summed E-state index contributed by atoms with van der Waals surface area (Å²) >= 11 is 0. The van der Waals surface area contributed by atoms with Gasteiger partial charge in [0, 0.05) is 32.8 Å². The molecule has 0 bridgehead atoms. The number of nitrogens with one attached hydrogen (secondary N) is 1. The minimum absolute atomic E-state index is 0. The van der Waals surface area contributed by atoms with Crippen LogP contribution >= 0.6 is 12.4 Å². The molecule has 0 fully saturated rings. The predicted octanol–water partition coefficient (Wildman–Crippen LogP) is 5.37. The van der Waals surface area contributed by atoms with Gasteiger partial charge in [-0.3, -0.25) is 0 Å². The van der Waals surface area contributed by atoms with Gasteiger partial charge in [-0.25, -0.2) is 0 Å². The Balaban J connectivity index is 0.00000242. The molecule has 0 saturated heterocycles. The van der Waals surface area contributed by atoms with E-state index in [4.69, 9.17) is 0 Å². The molecule has 0 amide bonds. The Morgan fingerprint density at radius 3 is 1.43 bits per heavy atom. The molecule has 1 nitrogen and oxygen atoms in total. The van der Waals surface area contributed by atoms with Crippen LogP contribution in [-0.4, -0.2) is 13.8 Å². The second-order valence-corrected chi connectivity index (χ2v) is 11.6. The maximum Gasteiger partial charge on any atom is 0.131 e. The van der Waals surface area contributed by atoms with Gasteiger partial charge >= 0.3 is 0 Å². The number of halogens is 1. The van der Waals surface area contributed by atoms with Crippen molar-refractivity contribution in [3.63, 3.8) is 0 Å². The van der Waals surface area contributed by atoms with Crippen molar-refractivity contribution in [3.05, 3.63) is 71.8 Å². The zero-order valence-corrected chi connectivity index (χ0v) is 18.1. The Morgan fingerprint density at radius 1 is 0.783 bits per heavy atom. The molecule has 0 saturated carbocycles. The first-order valence-electron chi connectivity index (χ1n) is 7.69. The van der Waals surface area contributed by atoms with Crippen LogP contribution in [0.4, 0.5) is 0 Å². The second kappa shape index (κ2) is 9.19. The third kappa shape index (κ3) is 6.56. The first-order valence-corrected chi connectivity index (χ1v) is 10.8. The Kier molecular flexibility index (Phi) is 9.04. The number of hydrogen-bond donors (Lipinski definition) is 1. The fraction of sp³-hybridized carbons (Fsp3) is 0.368. The van der Waals surface area contributed by atoms with Crippen molar-refractivity contribution in [2.75, 3.05) is 0 Å². The van der Waals surface area contributed by atoms with Gasteiger partial charge in [0.15, 0.2) is 0 Å². The molecule has 2 aromatic carbocycles. The Hall–Kier alpha value is -0.379. The fourth-order valence-corrected chi connectivity index (χ4v) is 7.48. The Morgan fingerprint density at radius 2 is 1.13 bits per heavy atom. The van der Waals surface area contributed by atoms with Crippen LogP contribution in [0.15, 0.2) is 60.7 Å². The van der Waals surface area contributed by atoms with Gasteiger partial charge in [0.05, 0.1) is 0 Å². The molecular formula is C19H28ClNSiTi. The minimum atomic E-state index is -1.70. The predicted molar refractivity (Wildman–Crippen MR) is 102 cm³/mol. The first kappa shape index (κ1) is 22.6. The average molecular weight is 382 g/mol. The van der Waals surface area contributed by atoms with Crippen molar-refractivity contribution in [1.82, 2.24) is 4.98 Å². The van der Waals surface area contributed by atoms with E-state index >= 15 is 0 Å². The molecule has 1 N–H and O–H groups in total. The average Bonchev–Trinajstić information content (AvgIpc) is 2.38. The number of benzene rings is 2. The third-order valence-electron chi connectivity index (χ3n) is 3.68. The molecule has 23 heavy (non-hydrogen) atoms. The summed E-state index contributed by atoms with van der Waals surface area (Å²) in [5, 5.41) is 0. The van der Waals surface area contributed by atoms with E-state index in [0.29, 0.717) is 5.54 Å². The van der Waals surface area contributed by atoms with Crippen molar-refractivity contribution in [2.24, 2.45) is 0 Å². The second-order valence-electron chi connectivity index (χ2n) is 7.35. The van der Waals surface area contributed by atoms with Gasteiger partial charge in [0.25, 0.3) is 0 Å². The van der Waals surface area contributed by atoms with E-state index in [-0.39, 0.29) is 39.7 Å². The molecule has 0 spiro atoms. The van der Waals surface area contributed by atoms with Crippen LogP contribution in [0.5, 0.6) is 0 Å². The summed E-state index contributed by atoms with van der Waals surface area (Å²) in [6.45, 7) is 11.6. The standard InChI is InChI=1S/C19H27NSi.ClH.Ti/c1-19(2,3)20-21(4,5)18(16-12-8-6-9-13-16)17-14-10-7-11-15-17;;/h6-15,18,20H,1-5H3;1H;. The van der Waals surface area contributed by atoms with Gasteiger partial charge in [-0.05, 0) is 31.9 Å². The molecular weight excluding hydrogens is 354 g/mol. The molecule has 0 aliphatic heterocycles. The summed E-state index contributed by atoms with van der Waals surface area (Å²) in [6, 6.07) is 21.8. The van der Waals surface area contributed by atoms with Gasteiger partial charge in [-0.1, -0.05) is 73.8 Å². The van der Waals surface area contributed by atoms with E-state index in [2.05, 4.69) is 99.5 Å². The Bertz CT molecular complexity index is 527. The monoisotopic (exact) mass is 381 g/mol. The summed E-state index contributed by atoms with van der Waals surface area (Å²) in [6.07, 6.45) is 0. The molecule has 0 atom stereocenters. The van der Waals surface area contributed by atoms with Crippen LogP contribution in [0.3, 0.4) is 0 Å². The van der Waals surface area contributed by atoms with Crippen molar-refractivity contribution >= 4 is 20.6 Å². The van der Waals surface area contributed by atoms with Crippen molar-refractivity contribution < 1.29 is 21.7 Å². The van der Waals surface area contributed by atoms with Crippen molar-refractivity contribution in [2.45, 2.75) is 44.9 Å². The zero-order valence-electron chi connectivity index (χ0n) is 14.8. The summed E-state index contributed by atoms with van der Waals surface area (Å²) in [4.78, 5) is 3.93. The SMILES string of the molecule is CC(C)(C)N[Si](C)(C)C(c1ccccc1)c1ccccc1.Cl.[Ti]. The van der Waals surface area contributed by atoms with Gasteiger partial charge in [-0.15, -0.1) is 12.4 Å². The largest absolute Gasteiger partial charge is 0.332 e.